The molecule has 2 aromatic rings. The maximum absolute atomic E-state index is 12.7. The molecule has 0 saturated carbocycles. The summed E-state index contributed by atoms with van der Waals surface area (Å²) in [4.78, 5) is 12.6. The molecule has 0 heterocycles. The van der Waals surface area contributed by atoms with Crippen LogP contribution in [0.2, 0.25) is 0 Å². The third kappa shape index (κ3) is 15.2. The van der Waals surface area contributed by atoms with Gasteiger partial charge in [0.25, 0.3) is 0 Å². The average molecular weight is 620 g/mol. The quantitative estimate of drug-likeness (QED) is 0.0847. The molecule has 2 aromatic carbocycles. The van der Waals surface area contributed by atoms with Crippen LogP contribution >= 0.6 is 0 Å². The van der Waals surface area contributed by atoms with Crippen LogP contribution in [-0.2, 0) is 19.6 Å². The van der Waals surface area contributed by atoms with Crippen LogP contribution in [0.15, 0.2) is 48.5 Å². The molecule has 0 saturated heterocycles. The third-order valence-electron chi connectivity index (χ3n) is 6.90. The zero-order chi connectivity index (χ0) is 31.3. The molecule has 240 valence electrons. The molecular weight excluding hydrogens is 570 g/mol. The van der Waals surface area contributed by atoms with Crippen molar-refractivity contribution in [3.63, 3.8) is 0 Å². The second-order valence-electron chi connectivity index (χ2n) is 10.3. The summed E-state index contributed by atoms with van der Waals surface area (Å²) in [6.07, 6.45) is 13.2. The molecule has 0 aromatic heterocycles. The summed E-state index contributed by atoms with van der Waals surface area (Å²) in [6.45, 7) is 2.03. The Morgan fingerprint density at radius 3 is 2.00 bits per heavy atom. The Balaban J connectivity index is 1.91. The molecule has 0 aliphatic rings. The van der Waals surface area contributed by atoms with Crippen molar-refractivity contribution in [1.29, 1.82) is 0 Å². The summed E-state index contributed by atoms with van der Waals surface area (Å²) < 4.78 is 55.1. The van der Waals surface area contributed by atoms with Crippen molar-refractivity contribution in [3.8, 4) is 23.0 Å². The zero-order valence-corrected chi connectivity index (χ0v) is 27.0. The zero-order valence-electron chi connectivity index (χ0n) is 26.1. The van der Waals surface area contributed by atoms with Gasteiger partial charge in [-0.3, -0.25) is 0 Å². The first-order valence-electron chi connectivity index (χ1n) is 15.1. The third-order valence-corrected chi connectivity index (χ3v) is 8.33. The number of sulfonamides is 1. The molecule has 1 unspecified atom stereocenters. The molecule has 2 rings (SSSR count). The summed E-state index contributed by atoms with van der Waals surface area (Å²) in [5, 5.41) is 0. The summed E-state index contributed by atoms with van der Waals surface area (Å²) in [6, 6.07) is 12.2. The standard InChI is InChI=1S/C33H49NO8S/c1-5-6-7-8-9-10-11-12-13-14-23-43(36,37)34-25-30(26-41-29-20-21-31(39-3)32(24-29)40-4)42-33(35)22-17-27-15-18-28(38-2)19-16-27/h15-22,24,30,34H,5-14,23,25-26H2,1-4H3. The highest BCUT2D eigenvalue weighted by molar-refractivity contribution is 7.89. The predicted octanol–water partition coefficient (Wildman–Crippen LogP) is 6.56. The molecule has 9 nitrogen and oxygen atoms in total. The van der Waals surface area contributed by atoms with Gasteiger partial charge in [0.15, 0.2) is 11.5 Å². The molecule has 1 atom stereocenters. The Bertz CT molecular complexity index is 1200. The van der Waals surface area contributed by atoms with Gasteiger partial charge >= 0.3 is 5.97 Å². The van der Waals surface area contributed by atoms with E-state index in [4.69, 9.17) is 23.7 Å². The number of unbranched alkanes of at least 4 members (excludes halogenated alkanes) is 9. The van der Waals surface area contributed by atoms with E-state index in [1.807, 2.05) is 12.1 Å². The lowest BCUT2D eigenvalue weighted by molar-refractivity contribution is -0.144. The second kappa shape index (κ2) is 20.6. The lowest BCUT2D eigenvalue weighted by Gasteiger charge is -2.19. The Hall–Kier alpha value is -3.24. The first-order valence-corrected chi connectivity index (χ1v) is 16.8. The largest absolute Gasteiger partial charge is 0.497 e. The van der Waals surface area contributed by atoms with Gasteiger partial charge in [0.1, 0.15) is 24.2 Å². The lowest BCUT2D eigenvalue weighted by atomic mass is 10.1. The van der Waals surface area contributed by atoms with Gasteiger partial charge in [-0.2, -0.15) is 0 Å². The maximum Gasteiger partial charge on any atom is 0.331 e. The summed E-state index contributed by atoms with van der Waals surface area (Å²) in [5.41, 5.74) is 0.785. The number of hydrogen-bond acceptors (Lipinski definition) is 8. The number of hydrogen-bond donors (Lipinski definition) is 1. The van der Waals surface area contributed by atoms with E-state index >= 15 is 0 Å². The van der Waals surface area contributed by atoms with E-state index < -0.39 is 22.1 Å². The SMILES string of the molecule is CCCCCCCCCCCCS(=O)(=O)NCC(COc1ccc(OC)c(OC)c1)OC(=O)C=Cc1ccc(OC)cc1. The Morgan fingerprint density at radius 2 is 1.40 bits per heavy atom. The normalized spacial score (nSPS) is 12.2. The highest BCUT2D eigenvalue weighted by atomic mass is 32.2. The molecule has 0 bridgehead atoms. The minimum atomic E-state index is -3.55. The van der Waals surface area contributed by atoms with Crippen LogP contribution in [0.1, 0.15) is 76.7 Å². The van der Waals surface area contributed by atoms with Gasteiger partial charge in [-0.25, -0.2) is 17.9 Å². The van der Waals surface area contributed by atoms with E-state index in [2.05, 4.69) is 11.6 Å². The van der Waals surface area contributed by atoms with Crippen LogP contribution in [0, 0.1) is 0 Å². The Kier molecular flexibility index (Phi) is 17.2. The van der Waals surface area contributed by atoms with E-state index in [9.17, 15) is 13.2 Å². The highest BCUT2D eigenvalue weighted by Gasteiger charge is 2.19. The van der Waals surface area contributed by atoms with Gasteiger partial charge in [-0.15, -0.1) is 0 Å². The van der Waals surface area contributed by atoms with E-state index in [0.717, 1.165) is 24.8 Å². The van der Waals surface area contributed by atoms with Crippen LogP contribution < -0.4 is 23.7 Å². The van der Waals surface area contributed by atoms with E-state index in [1.165, 1.54) is 58.8 Å². The van der Waals surface area contributed by atoms with Crippen LogP contribution in [0.5, 0.6) is 23.0 Å². The smallest absolute Gasteiger partial charge is 0.331 e. The van der Waals surface area contributed by atoms with Crippen molar-refractivity contribution < 1.29 is 36.9 Å². The van der Waals surface area contributed by atoms with Crippen LogP contribution in [0.3, 0.4) is 0 Å². The lowest BCUT2D eigenvalue weighted by Crippen LogP contribution is -2.39. The van der Waals surface area contributed by atoms with Crippen molar-refractivity contribution in [2.75, 3.05) is 40.2 Å². The molecule has 43 heavy (non-hydrogen) atoms. The van der Waals surface area contributed by atoms with Crippen molar-refractivity contribution in [2.24, 2.45) is 0 Å². The first-order chi connectivity index (χ1) is 20.8. The average Bonchev–Trinajstić information content (AvgIpc) is 3.02. The fourth-order valence-corrected chi connectivity index (χ4v) is 5.55. The molecule has 0 radical (unpaired) electrons. The van der Waals surface area contributed by atoms with Crippen LogP contribution in [-0.4, -0.2) is 60.7 Å². The first kappa shape index (κ1) is 36.0. The van der Waals surface area contributed by atoms with Gasteiger partial charge in [-0.05, 0) is 42.3 Å². The topological polar surface area (TPSA) is 109 Å². The number of ether oxygens (including phenoxy) is 5. The Labute approximate surface area is 258 Å². The fraction of sp³-hybridized carbons (Fsp3) is 0.545. The molecule has 1 N–H and O–H groups in total. The van der Waals surface area contributed by atoms with E-state index in [0.29, 0.717) is 29.4 Å². The van der Waals surface area contributed by atoms with Gasteiger partial charge in [-0.1, -0.05) is 76.8 Å². The van der Waals surface area contributed by atoms with Crippen LogP contribution in [0.4, 0.5) is 0 Å². The number of esters is 1. The Morgan fingerprint density at radius 1 is 0.791 bits per heavy atom. The minimum absolute atomic E-state index is 0.0259. The summed E-state index contributed by atoms with van der Waals surface area (Å²) in [5.74, 6) is 1.59. The summed E-state index contributed by atoms with van der Waals surface area (Å²) >= 11 is 0. The number of carbonyl (C=O) groups is 1. The summed E-state index contributed by atoms with van der Waals surface area (Å²) in [7, 11) is 1.09. The van der Waals surface area contributed by atoms with Gasteiger partial charge in [0.05, 0.1) is 33.6 Å². The molecule has 0 aliphatic heterocycles. The molecule has 0 spiro atoms. The van der Waals surface area contributed by atoms with Crippen molar-refractivity contribution >= 4 is 22.1 Å². The molecule has 0 aliphatic carbocycles. The van der Waals surface area contributed by atoms with Crippen molar-refractivity contribution in [2.45, 2.75) is 77.2 Å². The monoisotopic (exact) mass is 619 g/mol. The predicted molar refractivity (Wildman–Crippen MR) is 171 cm³/mol. The minimum Gasteiger partial charge on any atom is -0.497 e. The molecular formula is C33H49NO8S. The maximum atomic E-state index is 12.7. The van der Waals surface area contributed by atoms with E-state index in [1.54, 1.807) is 43.5 Å². The van der Waals surface area contributed by atoms with Crippen LogP contribution in [0.25, 0.3) is 6.08 Å². The molecule has 10 heteroatoms. The van der Waals surface area contributed by atoms with Gasteiger partial charge in [0, 0.05) is 12.1 Å². The number of rotatable bonds is 23. The number of carbonyl (C=O) groups excluding carboxylic acids is 1. The van der Waals surface area contributed by atoms with Crippen molar-refractivity contribution in [1.82, 2.24) is 4.72 Å². The number of methoxy groups -OCH3 is 3. The van der Waals surface area contributed by atoms with Crippen molar-refractivity contribution in [3.05, 3.63) is 54.1 Å². The van der Waals surface area contributed by atoms with Gasteiger partial charge in [0.2, 0.25) is 10.0 Å². The molecule has 0 amide bonds. The van der Waals surface area contributed by atoms with E-state index in [-0.39, 0.29) is 18.9 Å². The second-order valence-corrected chi connectivity index (χ2v) is 12.3. The number of benzene rings is 2. The number of nitrogens with one attached hydrogen (secondary N) is 1. The highest BCUT2D eigenvalue weighted by Crippen LogP contribution is 2.31. The molecule has 0 fully saturated rings. The van der Waals surface area contributed by atoms with Gasteiger partial charge < -0.3 is 23.7 Å². The fourth-order valence-electron chi connectivity index (χ4n) is 4.38.